The molecule has 0 amide bonds. The summed E-state index contributed by atoms with van der Waals surface area (Å²) in [6, 6.07) is 18.3. The van der Waals surface area contributed by atoms with Gasteiger partial charge in [-0.15, -0.1) is 5.11 Å². The van der Waals surface area contributed by atoms with Crippen LogP contribution in [0.25, 0.3) is 22.2 Å². The molecule has 0 bridgehead atoms. The number of H-pyrrole nitrogens is 1. The standard InChI is InChI=1S/C19H17N4OS.ClH/c1-23-12-16(24-2)25-19(23)22-21-18-14-10-6-7-11-15(14)20-17(18)13-8-4-3-5-9-13;/h3-12,20H,1-2H3;1H/q+1;/p-1. The van der Waals surface area contributed by atoms with Gasteiger partial charge in [0, 0.05) is 23.5 Å². The van der Waals surface area contributed by atoms with E-state index in [1.165, 1.54) is 11.3 Å². The number of fused-ring (bicyclic) bond motifs is 1. The molecule has 0 fully saturated rings. The molecule has 2 aromatic carbocycles. The van der Waals surface area contributed by atoms with E-state index in [-0.39, 0.29) is 12.4 Å². The normalized spacial score (nSPS) is 11.0. The van der Waals surface area contributed by atoms with Crippen LogP contribution in [-0.2, 0) is 7.05 Å². The van der Waals surface area contributed by atoms with E-state index in [2.05, 4.69) is 39.5 Å². The molecule has 7 heteroatoms. The van der Waals surface area contributed by atoms with Gasteiger partial charge in [-0.1, -0.05) is 48.5 Å². The number of azo groups is 1. The lowest BCUT2D eigenvalue weighted by Gasteiger charge is -1.99. The Morgan fingerprint density at radius 1 is 1.08 bits per heavy atom. The van der Waals surface area contributed by atoms with Crippen LogP contribution >= 0.6 is 11.3 Å². The number of nitrogens with zero attached hydrogens (tertiary/aromatic N) is 3. The van der Waals surface area contributed by atoms with Crippen molar-refractivity contribution >= 4 is 33.1 Å². The highest BCUT2D eigenvalue weighted by Gasteiger charge is 2.16. The highest BCUT2D eigenvalue weighted by molar-refractivity contribution is 7.17. The predicted octanol–water partition coefficient (Wildman–Crippen LogP) is 2.94. The number of hydrogen-bond acceptors (Lipinski definition) is 4. The van der Waals surface area contributed by atoms with E-state index >= 15 is 0 Å². The largest absolute Gasteiger partial charge is 1.00 e. The topological polar surface area (TPSA) is 54.7 Å². The van der Waals surface area contributed by atoms with Crippen molar-refractivity contribution in [1.82, 2.24) is 9.55 Å². The van der Waals surface area contributed by atoms with Gasteiger partial charge in [0.15, 0.2) is 0 Å². The molecule has 4 aromatic rings. The van der Waals surface area contributed by atoms with Gasteiger partial charge in [0.2, 0.25) is 6.20 Å². The van der Waals surface area contributed by atoms with Crippen molar-refractivity contribution in [3.05, 3.63) is 60.8 Å². The maximum absolute atomic E-state index is 5.27. The van der Waals surface area contributed by atoms with Crippen LogP contribution in [0.15, 0.2) is 71.0 Å². The first kappa shape index (κ1) is 18.1. The molecule has 5 nitrogen and oxygen atoms in total. The molecule has 2 heterocycles. The van der Waals surface area contributed by atoms with Crippen LogP contribution in [0, 0.1) is 0 Å². The Balaban J connectivity index is 0.00000196. The number of halogens is 1. The molecule has 0 saturated carbocycles. The Hall–Kier alpha value is -2.70. The summed E-state index contributed by atoms with van der Waals surface area (Å²) >= 11 is 1.46. The van der Waals surface area contributed by atoms with Crippen molar-refractivity contribution in [2.45, 2.75) is 0 Å². The molecule has 1 N–H and O–H groups in total. The van der Waals surface area contributed by atoms with Crippen molar-refractivity contribution in [3.8, 4) is 16.3 Å². The van der Waals surface area contributed by atoms with Gasteiger partial charge < -0.3 is 22.1 Å². The minimum Gasteiger partial charge on any atom is -1.00 e. The Morgan fingerprint density at radius 2 is 1.81 bits per heavy atom. The summed E-state index contributed by atoms with van der Waals surface area (Å²) in [5.41, 5.74) is 3.94. The second kappa shape index (κ2) is 7.68. The van der Waals surface area contributed by atoms with E-state index < -0.39 is 0 Å². The molecule has 132 valence electrons. The third kappa shape index (κ3) is 3.34. The maximum atomic E-state index is 5.27. The smallest absolute Gasteiger partial charge is 0.345 e. The van der Waals surface area contributed by atoms with Crippen molar-refractivity contribution in [2.24, 2.45) is 17.3 Å². The number of methoxy groups -OCH3 is 1. The Kier molecular flexibility index (Phi) is 5.35. The zero-order valence-electron chi connectivity index (χ0n) is 14.3. The molecular weight excluding hydrogens is 368 g/mol. The predicted molar refractivity (Wildman–Crippen MR) is 102 cm³/mol. The fraction of sp³-hybridized carbons (Fsp3) is 0.105. The van der Waals surface area contributed by atoms with Crippen LogP contribution in [0.2, 0.25) is 0 Å². The van der Waals surface area contributed by atoms with Gasteiger partial charge in [-0.3, -0.25) is 0 Å². The molecule has 2 aromatic heterocycles. The summed E-state index contributed by atoms with van der Waals surface area (Å²) in [4.78, 5) is 3.47. The van der Waals surface area contributed by atoms with E-state index in [0.29, 0.717) is 0 Å². The minimum absolute atomic E-state index is 0. The Labute approximate surface area is 161 Å². The van der Waals surface area contributed by atoms with Crippen LogP contribution < -0.4 is 17.1 Å². The van der Waals surface area contributed by atoms with E-state index in [9.17, 15) is 0 Å². The van der Waals surface area contributed by atoms with Crippen LogP contribution in [0.1, 0.15) is 0 Å². The van der Waals surface area contributed by atoms with Crippen LogP contribution in [0.4, 0.5) is 10.8 Å². The quantitative estimate of drug-likeness (QED) is 0.427. The number of nitrogens with one attached hydrogen (secondary N) is 1. The third-order valence-corrected chi connectivity index (χ3v) is 5.00. The number of aromatic amines is 1. The second-order valence-corrected chi connectivity index (χ2v) is 6.58. The molecule has 0 atom stereocenters. The van der Waals surface area contributed by atoms with Crippen LogP contribution in [0.3, 0.4) is 0 Å². The number of aryl methyl sites for hydroxylation is 1. The van der Waals surface area contributed by atoms with Crippen LogP contribution in [0.5, 0.6) is 5.06 Å². The lowest BCUT2D eigenvalue weighted by Crippen LogP contribution is -3.00. The molecule has 0 aliphatic rings. The number of aromatic nitrogens is 2. The number of para-hydroxylation sites is 1. The summed E-state index contributed by atoms with van der Waals surface area (Å²) in [6.07, 6.45) is 1.90. The summed E-state index contributed by atoms with van der Waals surface area (Å²) < 4.78 is 7.17. The van der Waals surface area contributed by atoms with E-state index in [1.54, 1.807) is 7.11 Å². The fourth-order valence-electron chi connectivity index (χ4n) is 2.72. The Morgan fingerprint density at radius 3 is 2.54 bits per heavy atom. The first-order valence-corrected chi connectivity index (χ1v) is 8.69. The van der Waals surface area contributed by atoms with Gasteiger partial charge in [-0.25, -0.2) is 4.57 Å². The molecule has 0 radical (unpaired) electrons. The van der Waals surface area contributed by atoms with Gasteiger partial charge in [0.25, 0.3) is 0 Å². The van der Waals surface area contributed by atoms with Crippen molar-refractivity contribution < 1.29 is 17.1 Å². The third-order valence-electron chi connectivity index (χ3n) is 3.97. The van der Waals surface area contributed by atoms with E-state index in [4.69, 9.17) is 4.74 Å². The van der Waals surface area contributed by atoms with E-state index in [0.717, 1.165) is 38.0 Å². The summed E-state index contributed by atoms with van der Waals surface area (Å²) in [6.45, 7) is 0. The van der Waals surface area contributed by atoms with Crippen LogP contribution in [-0.4, -0.2) is 16.7 Å². The van der Waals surface area contributed by atoms with Crippen molar-refractivity contribution in [2.75, 3.05) is 7.11 Å². The first-order chi connectivity index (χ1) is 12.3. The number of rotatable bonds is 4. The molecular formula is C19H17ClN4OS. The van der Waals surface area contributed by atoms with Gasteiger partial charge in [0.05, 0.1) is 24.1 Å². The maximum Gasteiger partial charge on any atom is 0.345 e. The number of benzene rings is 2. The van der Waals surface area contributed by atoms with Crippen molar-refractivity contribution in [3.63, 3.8) is 0 Å². The van der Waals surface area contributed by atoms with Gasteiger partial charge in [-0.2, -0.15) is 0 Å². The summed E-state index contributed by atoms with van der Waals surface area (Å²) in [7, 11) is 3.58. The van der Waals surface area contributed by atoms with Crippen molar-refractivity contribution in [1.29, 1.82) is 0 Å². The Bertz CT molecular complexity index is 1060. The molecule has 0 unspecified atom stereocenters. The lowest BCUT2D eigenvalue weighted by atomic mass is 10.1. The lowest BCUT2D eigenvalue weighted by molar-refractivity contribution is -0.00000528. The molecule has 0 saturated heterocycles. The number of hydrogen-bond donors (Lipinski definition) is 1. The highest BCUT2D eigenvalue weighted by Crippen LogP contribution is 2.39. The molecule has 0 spiro atoms. The monoisotopic (exact) mass is 384 g/mol. The molecule has 0 aliphatic carbocycles. The average Bonchev–Trinajstić information content (AvgIpc) is 3.21. The van der Waals surface area contributed by atoms with Gasteiger partial charge in [-0.05, 0) is 11.2 Å². The average molecular weight is 385 g/mol. The van der Waals surface area contributed by atoms with Gasteiger partial charge in [0.1, 0.15) is 5.69 Å². The van der Waals surface area contributed by atoms with Gasteiger partial charge >= 0.3 is 10.2 Å². The second-order valence-electron chi connectivity index (χ2n) is 5.61. The summed E-state index contributed by atoms with van der Waals surface area (Å²) in [5.74, 6) is 0. The zero-order valence-corrected chi connectivity index (χ0v) is 15.9. The molecule has 4 rings (SSSR count). The van der Waals surface area contributed by atoms with E-state index in [1.807, 2.05) is 48.1 Å². The minimum atomic E-state index is 0. The number of thiazole rings is 1. The number of ether oxygens (including phenoxy) is 1. The molecule has 0 aliphatic heterocycles. The SMILES string of the molecule is COc1cn(C)[c+](N=Nc2c(-c3ccccc3)[nH]c3ccccc23)s1.[Cl-]. The first-order valence-electron chi connectivity index (χ1n) is 7.87. The summed E-state index contributed by atoms with van der Waals surface area (Å²) in [5, 5.41) is 11.7. The molecule has 26 heavy (non-hydrogen) atoms. The zero-order chi connectivity index (χ0) is 17.2. The highest BCUT2D eigenvalue weighted by atomic mass is 35.5. The fourth-order valence-corrected chi connectivity index (χ4v) is 3.48.